The van der Waals surface area contributed by atoms with Crippen molar-refractivity contribution in [3.63, 3.8) is 0 Å². The van der Waals surface area contributed by atoms with E-state index in [0.29, 0.717) is 6.54 Å². The average molecular weight is 301 g/mol. The van der Waals surface area contributed by atoms with Crippen molar-refractivity contribution in [1.29, 1.82) is 5.41 Å². The minimum Gasteiger partial charge on any atom is -0.370 e. The summed E-state index contributed by atoms with van der Waals surface area (Å²) in [5, 5.41) is 8.18. The molecular formula is C17H27N5. The van der Waals surface area contributed by atoms with Gasteiger partial charge in [0.15, 0.2) is 5.96 Å². The highest BCUT2D eigenvalue weighted by Crippen LogP contribution is 2.40. The lowest BCUT2D eigenvalue weighted by molar-refractivity contribution is 0.179. The third-order valence-corrected chi connectivity index (χ3v) is 4.18. The van der Waals surface area contributed by atoms with Gasteiger partial charge in [0.1, 0.15) is 0 Å². The third kappa shape index (κ3) is 3.59. The van der Waals surface area contributed by atoms with E-state index in [4.69, 9.17) is 16.9 Å². The summed E-state index contributed by atoms with van der Waals surface area (Å²) in [4.78, 5) is 5.88. The van der Waals surface area contributed by atoms with Crippen molar-refractivity contribution < 1.29 is 0 Å². The van der Waals surface area contributed by atoms with Crippen LogP contribution in [-0.4, -0.2) is 23.4 Å². The molecule has 0 fully saturated rings. The van der Waals surface area contributed by atoms with Crippen LogP contribution < -0.4 is 11.5 Å². The van der Waals surface area contributed by atoms with Crippen molar-refractivity contribution >= 4 is 11.9 Å². The monoisotopic (exact) mass is 301 g/mol. The fourth-order valence-corrected chi connectivity index (χ4v) is 3.79. The van der Waals surface area contributed by atoms with Crippen molar-refractivity contribution in [3.05, 3.63) is 35.4 Å². The molecule has 1 aliphatic heterocycles. The van der Waals surface area contributed by atoms with E-state index in [1.807, 2.05) is 11.0 Å². The molecule has 5 nitrogen and oxygen atoms in total. The molecule has 0 amide bonds. The van der Waals surface area contributed by atoms with Gasteiger partial charge in [-0.2, -0.15) is 4.99 Å². The molecule has 5 N–H and O–H groups in total. The Hall–Kier alpha value is -2.04. The molecule has 0 bridgehead atoms. The second-order valence-electron chi connectivity index (χ2n) is 7.60. The number of fused-ring (bicyclic) bond motifs is 1. The zero-order valence-corrected chi connectivity index (χ0v) is 14.0. The molecule has 0 unspecified atom stereocenters. The fraction of sp³-hybridized carbons (Fsp3) is 0.529. The Labute approximate surface area is 132 Å². The number of hydrogen-bond acceptors (Lipinski definition) is 1. The molecule has 0 saturated carbocycles. The van der Waals surface area contributed by atoms with Gasteiger partial charge in [-0.1, -0.05) is 52.0 Å². The van der Waals surface area contributed by atoms with Gasteiger partial charge in [0.05, 0.1) is 0 Å². The SMILES string of the molecule is CC1(C)CN(C(=N)N=C(N)N)Cc2ccccc2C(C)(C)C1. The molecule has 0 aliphatic carbocycles. The predicted octanol–water partition coefficient (Wildman–Crippen LogP) is 2.40. The number of nitrogens with zero attached hydrogens (tertiary/aromatic N) is 2. The molecule has 1 aromatic rings. The van der Waals surface area contributed by atoms with E-state index in [2.05, 4.69) is 50.9 Å². The van der Waals surface area contributed by atoms with Gasteiger partial charge in [0, 0.05) is 13.1 Å². The quantitative estimate of drug-likeness (QED) is 0.507. The Morgan fingerprint density at radius 2 is 1.82 bits per heavy atom. The topological polar surface area (TPSA) is 91.5 Å². The van der Waals surface area contributed by atoms with Crippen molar-refractivity contribution in [1.82, 2.24) is 4.90 Å². The summed E-state index contributed by atoms with van der Waals surface area (Å²) < 4.78 is 0. The van der Waals surface area contributed by atoms with E-state index in [9.17, 15) is 0 Å². The second-order valence-corrected chi connectivity index (χ2v) is 7.60. The van der Waals surface area contributed by atoms with Gasteiger partial charge in [-0.25, -0.2) is 0 Å². The van der Waals surface area contributed by atoms with Crippen molar-refractivity contribution in [2.24, 2.45) is 21.9 Å². The molecule has 5 heteroatoms. The zero-order valence-electron chi connectivity index (χ0n) is 14.0. The normalized spacial score (nSPS) is 19.5. The van der Waals surface area contributed by atoms with E-state index >= 15 is 0 Å². The average Bonchev–Trinajstić information content (AvgIpc) is 2.34. The maximum Gasteiger partial charge on any atom is 0.221 e. The van der Waals surface area contributed by atoms with Crippen LogP contribution in [0.15, 0.2) is 29.3 Å². The first-order valence-electron chi connectivity index (χ1n) is 7.62. The molecule has 2 rings (SSSR count). The lowest BCUT2D eigenvalue weighted by Gasteiger charge is -2.42. The maximum atomic E-state index is 8.18. The van der Waals surface area contributed by atoms with Crippen LogP contribution in [0.1, 0.15) is 45.2 Å². The van der Waals surface area contributed by atoms with E-state index < -0.39 is 0 Å². The number of nitrogens with two attached hydrogens (primary N) is 2. The zero-order chi connectivity index (χ0) is 16.5. The van der Waals surface area contributed by atoms with Gasteiger partial charge in [-0.05, 0) is 28.4 Å². The third-order valence-electron chi connectivity index (χ3n) is 4.18. The van der Waals surface area contributed by atoms with E-state index in [0.717, 1.165) is 13.0 Å². The van der Waals surface area contributed by atoms with Crippen LogP contribution in [0.3, 0.4) is 0 Å². The Bertz CT molecular complexity index is 597. The summed E-state index contributed by atoms with van der Waals surface area (Å²) in [5.41, 5.74) is 13.6. The van der Waals surface area contributed by atoms with Gasteiger partial charge in [0.2, 0.25) is 5.96 Å². The highest BCUT2D eigenvalue weighted by atomic mass is 15.3. The van der Waals surface area contributed by atoms with E-state index in [1.165, 1.54) is 11.1 Å². The van der Waals surface area contributed by atoms with Gasteiger partial charge in [0.25, 0.3) is 0 Å². The minimum atomic E-state index is -0.0709. The number of nitrogens with one attached hydrogen (secondary N) is 1. The van der Waals surface area contributed by atoms with Crippen molar-refractivity contribution in [2.45, 2.75) is 46.1 Å². The summed E-state index contributed by atoms with van der Waals surface area (Å²) >= 11 is 0. The number of aliphatic imine (C=N–C) groups is 1. The first-order chi connectivity index (χ1) is 10.1. The van der Waals surface area contributed by atoms with Crippen molar-refractivity contribution in [2.75, 3.05) is 6.54 Å². The van der Waals surface area contributed by atoms with E-state index in [-0.39, 0.29) is 22.7 Å². The molecule has 1 heterocycles. The molecule has 0 radical (unpaired) electrons. The van der Waals surface area contributed by atoms with Gasteiger partial charge in [-0.15, -0.1) is 0 Å². The predicted molar refractivity (Wildman–Crippen MR) is 91.8 cm³/mol. The Morgan fingerprint density at radius 1 is 1.18 bits per heavy atom. The van der Waals surface area contributed by atoms with Crippen LogP contribution in [0.25, 0.3) is 0 Å². The van der Waals surface area contributed by atoms with Gasteiger partial charge >= 0.3 is 0 Å². The van der Waals surface area contributed by atoms with Gasteiger partial charge in [-0.3, -0.25) is 5.41 Å². The van der Waals surface area contributed by atoms with Crippen LogP contribution >= 0.6 is 0 Å². The summed E-state index contributed by atoms with van der Waals surface area (Å²) in [6.45, 7) is 10.5. The second kappa shape index (κ2) is 5.63. The number of benzene rings is 1. The van der Waals surface area contributed by atoms with Crippen LogP contribution in [-0.2, 0) is 12.0 Å². The lowest BCUT2D eigenvalue weighted by atomic mass is 9.69. The first-order valence-corrected chi connectivity index (χ1v) is 7.62. The molecule has 0 atom stereocenters. The molecule has 120 valence electrons. The molecule has 0 saturated heterocycles. The standard InChI is InChI=1S/C17H27N5/c1-16(2)10-17(3,4)13-8-6-5-7-12(13)9-22(11-16)15(20)21-14(18)19/h5-8H,9-11H2,1-4H3,(H5,18,19,20,21). The largest absolute Gasteiger partial charge is 0.370 e. The Balaban J connectivity index is 2.46. The lowest BCUT2D eigenvalue weighted by Crippen LogP contribution is -2.43. The molecule has 1 aromatic carbocycles. The first kappa shape index (κ1) is 16.3. The van der Waals surface area contributed by atoms with Crippen molar-refractivity contribution in [3.8, 4) is 0 Å². The summed E-state index contributed by atoms with van der Waals surface area (Å²) in [6.07, 6.45) is 1.03. The van der Waals surface area contributed by atoms with Crippen LogP contribution in [0, 0.1) is 10.8 Å². The highest BCUT2D eigenvalue weighted by Gasteiger charge is 2.36. The number of hydrogen-bond donors (Lipinski definition) is 3. The smallest absolute Gasteiger partial charge is 0.221 e. The maximum absolute atomic E-state index is 8.18. The summed E-state index contributed by atoms with van der Waals surface area (Å²) in [6, 6.07) is 8.45. The number of rotatable bonds is 0. The summed E-state index contributed by atoms with van der Waals surface area (Å²) in [5.74, 6) is 0.0565. The fourth-order valence-electron chi connectivity index (χ4n) is 3.79. The van der Waals surface area contributed by atoms with Crippen LogP contribution in [0.2, 0.25) is 0 Å². The van der Waals surface area contributed by atoms with E-state index in [1.54, 1.807) is 0 Å². The molecule has 22 heavy (non-hydrogen) atoms. The van der Waals surface area contributed by atoms with Crippen LogP contribution in [0.5, 0.6) is 0 Å². The Kier molecular flexibility index (Phi) is 4.18. The summed E-state index contributed by atoms with van der Waals surface area (Å²) in [7, 11) is 0. The molecule has 0 spiro atoms. The Morgan fingerprint density at radius 3 is 2.45 bits per heavy atom. The number of guanidine groups is 2. The van der Waals surface area contributed by atoms with Crippen LogP contribution in [0.4, 0.5) is 0 Å². The molecule has 1 aliphatic rings. The highest BCUT2D eigenvalue weighted by molar-refractivity contribution is 5.91. The minimum absolute atomic E-state index is 0.0577. The van der Waals surface area contributed by atoms with Gasteiger partial charge < -0.3 is 16.4 Å². The molecular weight excluding hydrogens is 274 g/mol. The molecule has 0 aromatic heterocycles.